The number of nitrogens with two attached hydrogens (primary N) is 1. The van der Waals surface area contributed by atoms with Gasteiger partial charge in [-0.05, 0) is 25.2 Å². The molecule has 1 aliphatic carbocycles. The number of hydrogen-bond acceptors (Lipinski definition) is 6. The minimum atomic E-state index is -0.365. The molecule has 1 aliphatic heterocycles. The van der Waals surface area contributed by atoms with Gasteiger partial charge < -0.3 is 20.5 Å². The molecule has 0 radical (unpaired) electrons. The van der Waals surface area contributed by atoms with Crippen LogP contribution < -0.4 is 10.6 Å². The first-order valence-corrected chi connectivity index (χ1v) is 7.37. The summed E-state index contributed by atoms with van der Waals surface area (Å²) in [6, 6.07) is 0. The summed E-state index contributed by atoms with van der Waals surface area (Å²) in [4.78, 5) is 14.4. The van der Waals surface area contributed by atoms with Crippen molar-refractivity contribution in [1.29, 1.82) is 0 Å². The molecule has 2 fully saturated rings. The van der Waals surface area contributed by atoms with Crippen LogP contribution >= 0.6 is 11.3 Å². The summed E-state index contributed by atoms with van der Waals surface area (Å²) >= 11 is 1.40. The van der Waals surface area contributed by atoms with Crippen molar-refractivity contribution < 1.29 is 14.6 Å². The highest BCUT2D eigenvalue weighted by atomic mass is 32.1. The van der Waals surface area contributed by atoms with E-state index < -0.39 is 0 Å². The van der Waals surface area contributed by atoms with Crippen LogP contribution in [0.25, 0.3) is 0 Å². The molecule has 1 saturated carbocycles. The number of anilines is 2. The van der Waals surface area contributed by atoms with Crippen LogP contribution in [-0.2, 0) is 4.74 Å². The largest absolute Gasteiger partial charge is 0.465 e. The molecule has 3 rings (SSSR count). The maximum absolute atomic E-state index is 11.8. The second-order valence-corrected chi connectivity index (χ2v) is 6.22. The summed E-state index contributed by atoms with van der Waals surface area (Å²) in [6.07, 6.45) is 2.75. The zero-order valence-electron chi connectivity index (χ0n) is 10.9. The fourth-order valence-electron chi connectivity index (χ4n) is 2.62. The fraction of sp³-hybridized carbons (Fsp3) is 0.615. The minimum absolute atomic E-state index is 0.281. The van der Waals surface area contributed by atoms with Crippen LogP contribution in [0.5, 0.6) is 0 Å². The second-order valence-electron chi connectivity index (χ2n) is 5.22. The van der Waals surface area contributed by atoms with Crippen molar-refractivity contribution in [2.24, 2.45) is 0 Å². The first-order valence-electron chi connectivity index (χ1n) is 6.55. The number of aliphatic hydroxyl groups is 1. The van der Waals surface area contributed by atoms with Gasteiger partial charge in [-0.1, -0.05) is 0 Å². The van der Waals surface area contributed by atoms with Gasteiger partial charge in [0.2, 0.25) is 0 Å². The molecule has 6 heteroatoms. The molecule has 1 unspecified atom stereocenters. The normalized spacial score (nSPS) is 22.8. The number of nitrogens with zero attached hydrogens (tertiary/aromatic N) is 1. The number of carbonyl (C=O) groups is 1. The number of nitrogen functional groups attached to an aromatic ring is 1. The van der Waals surface area contributed by atoms with Crippen molar-refractivity contribution in [2.45, 2.75) is 31.3 Å². The van der Waals surface area contributed by atoms with E-state index in [4.69, 9.17) is 10.5 Å². The van der Waals surface area contributed by atoms with Crippen LogP contribution in [0.3, 0.4) is 0 Å². The zero-order chi connectivity index (χ0) is 13.6. The number of β-amino-alcohol motifs (C(OH)–C–C–N with tert-alkyl or cyclic N) is 1. The lowest BCUT2D eigenvalue weighted by atomic mass is 10.1. The van der Waals surface area contributed by atoms with E-state index in [1.54, 1.807) is 0 Å². The highest BCUT2D eigenvalue weighted by Gasteiger charge is 2.36. The monoisotopic (exact) mass is 282 g/mol. The molecule has 2 aliphatic rings. The molecule has 0 aromatic carbocycles. The number of carbonyl (C=O) groups excluding carboxylic acids is 1. The Bertz CT molecular complexity index is 510. The topological polar surface area (TPSA) is 75.8 Å². The van der Waals surface area contributed by atoms with Crippen molar-refractivity contribution >= 4 is 28.0 Å². The lowest BCUT2D eigenvalue weighted by molar-refractivity contribution is 0.0607. The average Bonchev–Trinajstić information content (AvgIpc) is 3.05. The summed E-state index contributed by atoms with van der Waals surface area (Å²) in [6.45, 7) is 1.45. The summed E-state index contributed by atoms with van der Waals surface area (Å²) in [5.74, 6) is 0.109. The van der Waals surface area contributed by atoms with Crippen LogP contribution in [0.4, 0.5) is 10.7 Å². The Balaban J connectivity index is 2.00. The molecule has 1 saturated heterocycles. The smallest absolute Gasteiger partial charge is 0.350 e. The van der Waals surface area contributed by atoms with Crippen LogP contribution in [0.2, 0.25) is 0 Å². The van der Waals surface area contributed by atoms with Crippen LogP contribution in [0.15, 0.2) is 0 Å². The Morgan fingerprint density at radius 1 is 1.47 bits per heavy atom. The maximum Gasteiger partial charge on any atom is 0.350 e. The van der Waals surface area contributed by atoms with Gasteiger partial charge in [-0.2, -0.15) is 0 Å². The predicted molar refractivity (Wildman–Crippen MR) is 74.9 cm³/mol. The van der Waals surface area contributed by atoms with E-state index in [9.17, 15) is 9.90 Å². The maximum atomic E-state index is 11.8. The highest BCUT2D eigenvalue weighted by molar-refractivity contribution is 7.18. The Labute approximate surface area is 116 Å². The SMILES string of the molecule is COC(=O)c1sc(N2CCC(O)C2)c(C2CC2)c1N. The molecule has 1 aromatic heterocycles. The molecule has 0 spiro atoms. The number of aliphatic hydroxyl groups excluding tert-OH is 1. The van der Waals surface area contributed by atoms with Gasteiger partial charge in [0.25, 0.3) is 0 Å². The fourth-order valence-corrected chi connectivity index (χ4v) is 3.88. The standard InChI is InChI=1S/C13H18N2O3S/c1-18-13(17)11-10(14)9(7-2-3-7)12(19-11)15-5-4-8(16)6-15/h7-8,16H,2-6,14H2,1H3. The van der Waals surface area contributed by atoms with Gasteiger partial charge in [0.05, 0.1) is 23.9 Å². The Morgan fingerprint density at radius 2 is 2.21 bits per heavy atom. The molecule has 2 heterocycles. The van der Waals surface area contributed by atoms with Crippen molar-refractivity contribution in [3.8, 4) is 0 Å². The molecule has 1 aromatic rings. The Kier molecular flexibility index (Phi) is 3.14. The molecule has 19 heavy (non-hydrogen) atoms. The van der Waals surface area contributed by atoms with Crippen LogP contribution in [0, 0.1) is 0 Å². The number of rotatable bonds is 3. The summed E-state index contributed by atoms with van der Waals surface area (Å²) in [5, 5.41) is 10.7. The van der Waals surface area contributed by atoms with E-state index in [1.165, 1.54) is 18.4 Å². The number of ether oxygens (including phenoxy) is 1. The van der Waals surface area contributed by atoms with Crippen LogP contribution in [-0.4, -0.2) is 37.4 Å². The Hall–Kier alpha value is -1.27. The second kappa shape index (κ2) is 4.68. The van der Waals surface area contributed by atoms with Gasteiger partial charge in [-0.3, -0.25) is 0 Å². The number of hydrogen-bond donors (Lipinski definition) is 2. The van der Waals surface area contributed by atoms with Gasteiger partial charge in [0, 0.05) is 18.7 Å². The van der Waals surface area contributed by atoms with Gasteiger partial charge in [0.15, 0.2) is 0 Å². The quantitative estimate of drug-likeness (QED) is 0.823. The summed E-state index contributed by atoms with van der Waals surface area (Å²) in [5.41, 5.74) is 7.82. The first-order chi connectivity index (χ1) is 9.11. The summed E-state index contributed by atoms with van der Waals surface area (Å²) < 4.78 is 4.79. The van der Waals surface area contributed by atoms with Crippen molar-refractivity contribution in [3.63, 3.8) is 0 Å². The van der Waals surface area contributed by atoms with E-state index in [2.05, 4.69) is 4.90 Å². The lowest BCUT2D eigenvalue weighted by Crippen LogP contribution is -2.21. The third-order valence-electron chi connectivity index (χ3n) is 3.77. The van der Waals surface area contributed by atoms with Gasteiger partial charge in [-0.25, -0.2) is 4.79 Å². The van der Waals surface area contributed by atoms with E-state index in [0.29, 0.717) is 23.0 Å². The van der Waals surface area contributed by atoms with Gasteiger partial charge >= 0.3 is 5.97 Å². The third kappa shape index (κ3) is 2.19. The van der Waals surface area contributed by atoms with Gasteiger partial charge in [-0.15, -0.1) is 11.3 Å². The van der Waals surface area contributed by atoms with E-state index >= 15 is 0 Å². The molecule has 3 N–H and O–H groups in total. The number of methoxy groups -OCH3 is 1. The molecule has 0 bridgehead atoms. The zero-order valence-corrected chi connectivity index (χ0v) is 11.7. The Morgan fingerprint density at radius 3 is 2.74 bits per heavy atom. The van der Waals surface area contributed by atoms with Crippen molar-refractivity contribution in [2.75, 3.05) is 30.8 Å². The van der Waals surface area contributed by atoms with Gasteiger partial charge in [0.1, 0.15) is 4.88 Å². The molecule has 104 valence electrons. The van der Waals surface area contributed by atoms with E-state index in [-0.39, 0.29) is 12.1 Å². The average molecular weight is 282 g/mol. The first kappa shape index (κ1) is 12.7. The molecule has 5 nitrogen and oxygen atoms in total. The third-order valence-corrected chi connectivity index (χ3v) is 5.03. The van der Waals surface area contributed by atoms with Crippen molar-refractivity contribution in [3.05, 3.63) is 10.4 Å². The van der Waals surface area contributed by atoms with Crippen LogP contribution in [0.1, 0.15) is 40.4 Å². The van der Waals surface area contributed by atoms with Crippen molar-refractivity contribution in [1.82, 2.24) is 0 Å². The molecule has 1 atom stereocenters. The summed E-state index contributed by atoms with van der Waals surface area (Å²) in [7, 11) is 1.37. The number of esters is 1. The predicted octanol–water partition coefficient (Wildman–Crippen LogP) is 1.57. The minimum Gasteiger partial charge on any atom is -0.465 e. The lowest BCUT2D eigenvalue weighted by Gasteiger charge is -2.17. The van der Waals surface area contributed by atoms with E-state index in [1.807, 2.05) is 0 Å². The number of thiophene rings is 1. The molecular formula is C13H18N2O3S. The van der Waals surface area contributed by atoms with E-state index in [0.717, 1.165) is 36.4 Å². The highest BCUT2D eigenvalue weighted by Crippen LogP contribution is 2.52. The molecular weight excluding hydrogens is 264 g/mol. The molecule has 0 amide bonds.